The summed E-state index contributed by atoms with van der Waals surface area (Å²) in [7, 11) is -3.57. The zero-order valence-electron chi connectivity index (χ0n) is 15.2. The van der Waals surface area contributed by atoms with Gasteiger partial charge in [0.05, 0.1) is 23.9 Å². The molecule has 0 radical (unpaired) electrons. The van der Waals surface area contributed by atoms with Gasteiger partial charge in [-0.25, -0.2) is 8.42 Å². The highest BCUT2D eigenvalue weighted by Crippen LogP contribution is 2.32. The van der Waals surface area contributed by atoms with Gasteiger partial charge < -0.3 is 20.5 Å². The Morgan fingerprint density at radius 2 is 1.89 bits per heavy atom. The van der Waals surface area contributed by atoms with E-state index in [1.165, 1.54) is 12.1 Å². The summed E-state index contributed by atoms with van der Waals surface area (Å²) >= 11 is 0. The minimum atomic E-state index is -3.57. The first-order valence-electron chi connectivity index (χ1n) is 9.11. The molecule has 0 bridgehead atoms. The zero-order chi connectivity index (χ0) is 18.6. The number of nitrogens with one attached hydrogen (secondary N) is 1. The lowest BCUT2D eigenvalue weighted by Crippen LogP contribution is -2.40. The molecule has 1 aromatic carbocycles. The number of carbonyl (C=O) groups excluding carboxylic acids is 1. The molecule has 1 aromatic rings. The summed E-state index contributed by atoms with van der Waals surface area (Å²) in [6, 6.07) is 4.66. The van der Waals surface area contributed by atoms with Gasteiger partial charge in [0, 0.05) is 24.9 Å². The van der Waals surface area contributed by atoms with Crippen LogP contribution >= 0.6 is 12.4 Å². The van der Waals surface area contributed by atoms with Crippen molar-refractivity contribution in [3.8, 4) is 11.5 Å². The van der Waals surface area contributed by atoms with Crippen LogP contribution in [0.4, 0.5) is 0 Å². The van der Waals surface area contributed by atoms with Crippen molar-refractivity contribution in [1.82, 2.24) is 5.32 Å². The molecule has 0 saturated heterocycles. The van der Waals surface area contributed by atoms with Crippen LogP contribution in [0.3, 0.4) is 0 Å². The summed E-state index contributed by atoms with van der Waals surface area (Å²) in [4.78, 5) is 12.3. The molecular weight excluding hydrogens is 392 g/mol. The van der Waals surface area contributed by atoms with Crippen molar-refractivity contribution < 1.29 is 22.7 Å². The Morgan fingerprint density at radius 1 is 1.15 bits per heavy atom. The maximum absolute atomic E-state index is 12.6. The van der Waals surface area contributed by atoms with Gasteiger partial charge in [0.1, 0.15) is 0 Å². The van der Waals surface area contributed by atoms with Crippen LogP contribution in [-0.2, 0) is 14.6 Å². The number of ether oxygens (including phenoxy) is 2. The Hall–Kier alpha value is -1.51. The quantitative estimate of drug-likeness (QED) is 0.727. The number of carbonyl (C=O) groups is 1. The summed E-state index contributed by atoms with van der Waals surface area (Å²) in [6.07, 6.45) is 3.65. The number of fused-ring (bicyclic) bond motifs is 1. The molecular formula is C18H27ClN2O5S. The van der Waals surface area contributed by atoms with Gasteiger partial charge in [-0.15, -0.1) is 12.4 Å². The van der Waals surface area contributed by atoms with Gasteiger partial charge in [-0.05, 0) is 37.4 Å². The first-order chi connectivity index (χ1) is 12.5. The molecule has 1 fully saturated rings. The van der Waals surface area contributed by atoms with E-state index in [2.05, 4.69) is 5.32 Å². The molecule has 0 aromatic heterocycles. The lowest BCUT2D eigenvalue weighted by atomic mass is 10.0. The number of halogens is 1. The van der Waals surface area contributed by atoms with E-state index in [0.29, 0.717) is 31.3 Å². The number of hydrogen-bond acceptors (Lipinski definition) is 6. The van der Waals surface area contributed by atoms with Gasteiger partial charge in [-0.3, -0.25) is 4.79 Å². The molecule has 1 aliphatic heterocycles. The third-order valence-electron chi connectivity index (χ3n) is 4.98. The van der Waals surface area contributed by atoms with Crippen LogP contribution in [0.2, 0.25) is 0 Å². The van der Waals surface area contributed by atoms with E-state index in [1.54, 1.807) is 6.07 Å². The first kappa shape index (κ1) is 21.8. The summed E-state index contributed by atoms with van der Waals surface area (Å²) in [5.41, 5.74) is 5.72. The van der Waals surface area contributed by atoms with Crippen molar-refractivity contribution in [3.63, 3.8) is 0 Å². The number of hydrogen-bond donors (Lipinski definition) is 2. The molecule has 27 heavy (non-hydrogen) atoms. The third kappa shape index (κ3) is 5.49. The standard InChI is InChI=1S/C18H26N2O5S.ClH/c19-12-13-3-1-4-15(13)20-18(21)7-10-26(22,23)14-5-6-16-17(11-14)25-9-2-8-24-16;/h5-6,11,13,15H,1-4,7-10,12,19H2,(H,20,21);1H. The molecule has 7 nitrogen and oxygen atoms in total. The average Bonchev–Trinajstić information content (AvgIpc) is 2.94. The molecule has 3 rings (SSSR count). The molecule has 1 saturated carbocycles. The molecule has 3 N–H and O–H groups in total. The fourth-order valence-electron chi connectivity index (χ4n) is 3.47. The van der Waals surface area contributed by atoms with Gasteiger partial charge in [-0.1, -0.05) is 6.42 Å². The van der Waals surface area contributed by atoms with E-state index in [4.69, 9.17) is 15.2 Å². The second-order valence-corrected chi connectivity index (χ2v) is 8.94. The average molecular weight is 419 g/mol. The number of rotatable bonds is 6. The van der Waals surface area contributed by atoms with Crippen LogP contribution in [0.25, 0.3) is 0 Å². The lowest BCUT2D eigenvalue weighted by Gasteiger charge is -2.19. The van der Waals surface area contributed by atoms with Crippen molar-refractivity contribution >= 4 is 28.2 Å². The van der Waals surface area contributed by atoms with E-state index in [0.717, 1.165) is 25.7 Å². The minimum Gasteiger partial charge on any atom is -0.490 e. The Labute approximate surface area is 166 Å². The summed E-state index contributed by atoms with van der Waals surface area (Å²) < 4.78 is 36.2. The third-order valence-corrected chi connectivity index (χ3v) is 6.70. The highest BCUT2D eigenvalue weighted by atomic mass is 35.5. The molecule has 2 unspecified atom stereocenters. The van der Waals surface area contributed by atoms with Crippen LogP contribution in [-0.4, -0.2) is 45.9 Å². The fraction of sp³-hybridized carbons (Fsp3) is 0.611. The van der Waals surface area contributed by atoms with E-state index in [9.17, 15) is 13.2 Å². The van der Waals surface area contributed by atoms with E-state index >= 15 is 0 Å². The first-order valence-corrected chi connectivity index (χ1v) is 10.8. The number of amides is 1. The van der Waals surface area contributed by atoms with Gasteiger partial charge in [0.25, 0.3) is 0 Å². The molecule has 1 aliphatic carbocycles. The van der Waals surface area contributed by atoms with E-state index < -0.39 is 9.84 Å². The molecule has 2 aliphatic rings. The minimum absolute atomic E-state index is 0. The van der Waals surface area contributed by atoms with Gasteiger partial charge in [0.15, 0.2) is 21.3 Å². The van der Waals surface area contributed by atoms with Crippen LogP contribution in [0.15, 0.2) is 23.1 Å². The highest BCUT2D eigenvalue weighted by Gasteiger charge is 2.28. The molecule has 152 valence electrons. The Bertz CT molecular complexity index is 756. The van der Waals surface area contributed by atoms with Gasteiger partial charge in [0.2, 0.25) is 5.91 Å². The number of sulfone groups is 1. The summed E-state index contributed by atoms with van der Waals surface area (Å²) in [6.45, 7) is 1.58. The summed E-state index contributed by atoms with van der Waals surface area (Å²) in [5.74, 6) is 0.793. The van der Waals surface area contributed by atoms with Crippen LogP contribution in [0, 0.1) is 5.92 Å². The second-order valence-electron chi connectivity index (χ2n) is 6.83. The van der Waals surface area contributed by atoms with Crippen LogP contribution in [0.5, 0.6) is 11.5 Å². The van der Waals surface area contributed by atoms with Crippen molar-refractivity contribution in [3.05, 3.63) is 18.2 Å². The maximum Gasteiger partial charge on any atom is 0.221 e. The number of nitrogens with two attached hydrogens (primary N) is 1. The molecule has 2 atom stereocenters. The second kappa shape index (κ2) is 9.61. The Morgan fingerprint density at radius 3 is 2.63 bits per heavy atom. The Kier molecular flexibility index (Phi) is 7.76. The van der Waals surface area contributed by atoms with Gasteiger partial charge >= 0.3 is 0 Å². The van der Waals surface area contributed by atoms with Crippen LogP contribution in [0.1, 0.15) is 32.1 Å². The summed E-state index contributed by atoms with van der Waals surface area (Å²) in [5, 5.41) is 2.93. The molecule has 0 spiro atoms. The fourth-order valence-corrected chi connectivity index (χ4v) is 4.72. The van der Waals surface area contributed by atoms with Crippen LogP contribution < -0.4 is 20.5 Å². The van der Waals surface area contributed by atoms with Crippen molar-refractivity contribution in [2.45, 2.75) is 43.0 Å². The van der Waals surface area contributed by atoms with Crippen molar-refractivity contribution in [2.24, 2.45) is 11.7 Å². The van der Waals surface area contributed by atoms with E-state index in [-0.39, 0.29) is 47.3 Å². The zero-order valence-corrected chi connectivity index (χ0v) is 16.8. The smallest absolute Gasteiger partial charge is 0.221 e. The largest absolute Gasteiger partial charge is 0.490 e. The molecule has 1 amide bonds. The maximum atomic E-state index is 12.6. The SMILES string of the molecule is Cl.NCC1CCCC1NC(=O)CCS(=O)(=O)c1ccc2c(c1)OCCCO2. The molecule has 1 heterocycles. The van der Waals surface area contributed by atoms with Crippen molar-refractivity contribution in [1.29, 1.82) is 0 Å². The van der Waals surface area contributed by atoms with Crippen molar-refractivity contribution in [2.75, 3.05) is 25.5 Å². The predicted octanol–water partition coefficient (Wildman–Crippen LogP) is 1.68. The molecule has 9 heteroatoms. The van der Waals surface area contributed by atoms with E-state index in [1.807, 2.05) is 0 Å². The van der Waals surface area contributed by atoms with Gasteiger partial charge in [-0.2, -0.15) is 0 Å². The number of benzene rings is 1. The topological polar surface area (TPSA) is 108 Å². The Balaban J connectivity index is 0.00000261. The predicted molar refractivity (Wildman–Crippen MR) is 104 cm³/mol. The monoisotopic (exact) mass is 418 g/mol. The highest BCUT2D eigenvalue weighted by molar-refractivity contribution is 7.91. The normalized spacial score (nSPS) is 21.8. The lowest BCUT2D eigenvalue weighted by molar-refractivity contribution is -0.121.